The number of carbonyl (C=O) groups is 1. The molecule has 1 aliphatic rings. The van der Waals surface area contributed by atoms with Crippen LogP contribution < -0.4 is 15.8 Å². The summed E-state index contributed by atoms with van der Waals surface area (Å²) in [5.74, 6) is 0.699. The second-order valence-electron chi connectivity index (χ2n) is 6.38. The Balaban J connectivity index is 1.95. The van der Waals surface area contributed by atoms with Crippen molar-refractivity contribution in [2.24, 2.45) is 5.92 Å². The third-order valence-electron chi connectivity index (χ3n) is 4.55. The Labute approximate surface area is 147 Å². The van der Waals surface area contributed by atoms with Crippen LogP contribution in [0.25, 0.3) is 10.9 Å². The van der Waals surface area contributed by atoms with E-state index in [1.165, 1.54) is 6.42 Å². The van der Waals surface area contributed by atoms with E-state index in [9.17, 15) is 4.79 Å². The number of hydrogen-bond acceptors (Lipinski definition) is 6. The third kappa shape index (κ3) is 3.69. The summed E-state index contributed by atoms with van der Waals surface area (Å²) in [4.78, 5) is 16.8. The van der Waals surface area contributed by atoms with Crippen LogP contribution in [0.1, 0.15) is 35.8 Å². The molecule has 3 N–H and O–H groups in total. The number of esters is 1. The summed E-state index contributed by atoms with van der Waals surface area (Å²) in [7, 11) is 0. The first-order valence-corrected chi connectivity index (χ1v) is 8.81. The Morgan fingerprint density at radius 2 is 2.28 bits per heavy atom. The van der Waals surface area contributed by atoms with Gasteiger partial charge in [0.2, 0.25) is 0 Å². The number of aryl methyl sites for hydroxylation is 1. The SMILES string of the molecule is CCOC(=O)c1c(C)nc2cccc(OCC3CCCNC3)c2c1N. The molecule has 25 heavy (non-hydrogen) atoms. The van der Waals surface area contributed by atoms with Gasteiger partial charge in [0.05, 0.1) is 35.5 Å². The summed E-state index contributed by atoms with van der Waals surface area (Å²) in [5, 5.41) is 4.07. The fraction of sp³-hybridized carbons (Fsp3) is 0.474. The Kier molecular flexibility index (Phi) is 5.38. The number of hydrogen-bond donors (Lipinski definition) is 2. The van der Waals surface area contributed by atoms with Gasteiger partial charge in [-0.15, -0.1) is 0 Å². The van der Waals surface area contributed by atoms with Crippen molar-refractivity contribution in [1.29, 1.82) is 0 Å². The van der Waals surface area contributed by atoms with E-state index in [1.54, 1.807) is 13.8 Å². The zero-order valence-electron chi connectivity index (χ0n) is 14.8. The predicted molar refractivity (Wildman–Crippen MR) is 97.9 cm³/mol. The van der Waals surface area contributed by atoms with Crippen LogP contribution >= 0.6 is 0 Å². The van der Waals surface area contributed by atoms with Crippen molar-refractivity contribution in [2.45, 2.75) is 26.7 Å². The standard InChI is InChI=1S/C19H25N3O3/c1-3-24-19(23)16-12(2)22-14-7-4-8-15(17(14)18(16)20)25-11-13-6-5-9-21-10-13/h4,7-8,13,21H,3,5-6,9-11H2,1-2H3,(H2,20,22). The number of benzene rings is 1. The summed E-state index contributed by atoms with van der Waals surface area (Å²) in [6.07, 6.45) is 2.32. The van der Waals surface area contributed by atoms with Crippen LogP contribution in [0.15, 0.2) is 18.2 Å². The molecule has 2 heterocycles. The van der Waals surface area contributed by atoms with Crippen molar-refractivity contribution >= 4 is 22.6 Å². The average molecular weight is 343 g/mol. The minimum absolute atomic E-state index is 0.294. The molecule has 3 rings (SSSR count). The Bertz CT molecular complexity index is 770. The fourth-order valence-electron chi connectivity index (χ4n) is 3.29. The largest absolute Gasteiger partial charge is 0.492 e. The molecule has 1 saturated heterocycles. The van der Waals surface area contributed by atoms with Gasteiger partial charge in [0, 0.05) is 12.5 Å². The summed E-state index contributed by atoms with van der Waals surface area (Å²) < 4.78 is 11.2. The molecule has 1 atom stereocenters. The van der Waals surface area contributed by atoms with E-state index in [0.29, 0.717) is 47.2 Å². The van der Waals surface area contributed by atoms with E-state index in [0.717, 1.165) is 25.0 Å². The molecule has 2 aromatic rings. The molecular formula is C19H25N3O3. The van der Waals surface area contributed by atoms with Crippen LogP contribution in [0.4, 0.5) is 5.69 Å². The van der Waals surface area contributed by atoms with Gasteiger partial charge in [-0.25, -0.2) is 4.79 Å². The van der Waals surface area contributed by atoms with Crippen LogP contribution in [-0.4, -0.2) is 37.3 Å². The van der Waals surface area contributed by atoms with Crippen molar-refractivity contribution in [1.82, 2.24) is 10.3 Å². The maximum absolute atomic E-state index is 12.3. The van der Waals surface area contributed by atoms with Gasteiger partial charge >= 0.3 is 5.97 Å². The van der Waals surface area contributed by atoms with E-state index in [-0.39, 0.29) is 0 Å². The number of aromatic nitrogens is 1. The minimum atomic E-state index is -0.446. The molecule has 1 aromatic carbocycles. The van der Waals surface area contributed by atoms with E-state index >= 15 is 0 Å². The number of nitrogens with zero attached hydrogens (tertiary/aromatic N) is 1. The molecule has 0 aliphatic carbocycles. The second-order valence-corrected chi connectivity index (χ2v) is 6.38. The van der Waals surface area contributed by atoms with Crippen molar-refractivity contribution in [3.8, 4) is 5.75 Å². The lowest BCUT2D eigenvalue weighted by atomic mass is 10.0. The molecular weight excluding hydrogens is 318 g/mol. The molecule has 0 spiro atoms. The Hall–Kier alpha value is -2.34. The number of pyridine rings is 1. The second kappa shape index (κ2) is 7.70. The van der Waals surface area contributed by atoms with Crippen LogP contribution in [0.3, 0.4) is 0 Å². The molecule has 134 valence electrons. The number of anilines is 1. The van der Waals surface area contributed by atoms with Crippen LogP contribution in [0.5, 0.6) is 5.75 Å². The smallest absolute Gasteiger partial charge is 0.342 e. The number of rotatable bonds is 5. The molecule has 6 nitrogen and oxygen atoms in total. The maximum atomic E-state index is 12.3. The highest BCUT2D eigenvalue weighted by atomic mass is 16.5. The highest BCUT2D eigenvalue weighted by Gasteiger charge is 2.21. The Morgan fingerprint density at radius 1 is 1.44 bits per heavy atom. The quantitative estimate of drug-likeness (QED) is 0.812. The highest BCUT2D eigenvalue weighted by molar-refractivity contribution is 6.07. The normalized spacial score (nSPS) is 17.4. The summed E-state index contributed by atoms with van der Waals surface area (Å²) >= 11 is 0. The number of ether oxygens (including phenoxy) is 2. The van der Waals surface area contributed by atoms with Crippen molar-refractivity contribution in [3.05, 3.63) is 29.5 Å². The average Bonchev–Trinajstić information content (AvgIpc) is 2.60. The number of fused-ring (bicyclic) bond motifs is 1. The fourth-order valence-corrected chi connectivity index (χ4v) is 3.29. The molecule has 1 fully saturated rings. The zero-order valence-corrected chi connectivity index (χ0v) is 14.8. The van der Waals surface area contributed by atoms with E-state index in [1.807, 2.05) is 18.2 Å². The molecule has 0 radical (unpaired) electrons. The lowest BCUT2D eigenvalue weighted by Crippen LogP contribution is -2.33. The molecule has 1 aliphatic heterocycles. The highest BCUT2D eigenvalue weighted by Crippen LogP contribution is 2.34. The van der Waals surface area contributed by atoms with E-state index in [4.69, 9.17) is 15.2 Å². The van der Waals surface area contributed by atoms with Crippen LogP contribution in [0.2, 0.25) is 0 Å². The van der Waals surface area contributed by atoms with E-state index < -0.39 is 5.97 Å². The molecule has 0 amide bonds. The lowest BCUT2D eigenvalue weighted by molar-refractivity contribution is 0.0526. The van der Waals surface area contributed by atoms with Gasteiger partial charge in [-0.3, -0.25) is 4.98 Å². The summed E-state index contributed by atoms with van der Waals surface area (Å²) in [6.45, 7) is 6.49. The third-order valence-corrected chi connectivity index (χ3v) is 4.55. The van der Waals surface area contributed by atoms with Crippen molar-refractivity contribution in [2.75, 3.05) is 32.0 Å². The van der Waals surface area contributed by atoms with E-state index in [2.05, 4.69) is 10.3 Å². The van der Waals surface area contributed by atoms with Gasteiger partial charge in [0.15, 0.2) is 0 Å². The molecule has 1 aromatic heterocycles. The van der Waals surface area contributed by atoms with Gasteiger partial charge in [-0.05, 0) is 45.4 Å². The minimum Gasteiger partial charge on any atom is -0.492 e. The number of piperidine rings is 1. The van der Waals surface area contributed by atoms with Crippen LogP contribution in [0, 0.1) is 12.8 Å². The first kappa shape index (κ1) is 17.5. The van der Waals surface area contributed by atoms with Gasteiger partial charge < -0.3 is 20.5 Å². The zero-order chi connectivity index (χ0) is 17.8. The monoisotopic (exact) mass is 343 g/mol. The maximum Gasteiger partial charge on any atom is 0.342 e. The Morgan fingerprint density at radius 3 is 3.00 bits per heavy atom. The number of nitrogen functional groups attached to an aromatic ring is 1. The first-order valence-electron chi connectivity index (χ1n) is 8.81. The number of nitrogens with one attached hydrogen (secondary N) is 1. The molecule has 0 bridgehead atoms. The molecule has 0 saturated carbocycles. The first-order chi connectivity index (χ1) is 12.1. The molecule has 1 unspecified atom stereocenters. The van der Waals surface area contributed by atoms with Crippen LogP contribution in [-0.2, 0) is 4.74 Å². The summed E-state index contributed by atoms with van der Waals surface area (Å²) in [5.41, 5.74) is 8.32. The van der Waals surface area contributed by atoms with Gasteiger partial charge in [-0.2, -0.15) is 0 Å². The predicted octanol–water partition coefficient (Wildman–Crippen LogP) is 2.68. The number of nitrogens with two attached hydrogens (primary N) is 1. The summed E-state index contributed by atoms with van der Waals surface area (Å²) in [6, 6.07) is 5.65. The van der Waals surface area contributed by atoms with Crippen molar-refractivity contribution in [3.63, 3.8) is 0 Å². The van der Waals surface area contributed by atoms with Gasteiger partial charge in [0.1, 0.15) is 11.3 Å². The lowest BCUT2D eigenvalue weighted by Gasteiger charge is -2.23. The van der Waals surface area contributed by atoms with Crippen molar-refractivity contribution < 1.29 is 14.3 Å². The number of carbonyl (C=O) groups excluding carboxylic acids is 1. The van der Waals surface area contributed by atoms with Gasteiger partial charge in [-0.1, -0.05) is 6.07 Å². The molecule has 6 heteroatoms. The topological polar surface area (TPSA) is 86.5 Å². The van der Waals surface area contributed by atoms with Gasteiger partial charge in [0.25, 0.3) is 0 Å².